The molecule has 1 fully saturated rings. The molecule has 1 aliphatic rings. The van der Waals surface area contributed by atoms with E-state index < -0.39 is 0 Å². The Labute approximate surface area is 116 Å². The van der Waals surface area contributed by atoms with E-state index in [-0.39, 0.29) is 5.82 Å². The van der Waals surface area contributed by atoms with Crippen LogP contribution in [0.25, 0.3) is 0 Å². The molecule has 1 saturated carbocycles. The Hall–Kier alpha value is -0.610. The van der Waals surface area contributed by atoms with Gasteiger partial charge in [-0.2, -0.15) is 0 Å². The van der Waals surface area contributed by atoms with Crippen LogP contribution in [0.4, 0.5) is 4.39 Å². The second-order valence-electron chi connectivity index (χ2n) is 4.87. The zero-order chi connectivity index (χ0) is 13.0. The predicted molar refractivity (Wildman–Crippen MR) is 74.1 cm³/mol. The molecule has 1 aliphatic carbocycles. The number of hydrogen-bond donors (Lipinski definition) is 1. The highest BCUT2D eigenvalue weighted by molar-refractivity contribution is 9.10. The molecule has 0 aliphatic heterocycles. The highest BCUT2D eigenvalue weighted by Crippen LogP contribution is 2.30. The topological polar surface area (TPSA) is 35.2 Å². The zero-order valence-corrected chi connectivity index (χ0v) is 12.0. The highest BCUT2D eigenvalue weighted by atomic mass is 79.9. The summed E-state index contributed by atoms with van der Waals surface area (Å²) < 4.78 is 20.0. The monoisotopic (exact) mass is 315 g/mol. The van der Waals surface area contributed by atoms with Crippen molar-refractivity contribution in [1.29, 1.82) is 0 Å². The van der Waals surface area contributed by atoms with Gasteiger partial charge in [0.15, 0.2) is 11.6 Å². The second kappa shape index (κ2) is 6.53. The number of halogens is 2. The van der Waals surface area contributed by atoms with Gasteiger partial charge in [0.2, 0.25) is 0 Å². The van der Waals surface area contributed by atoms with Crippen LogP contribution in [-0.2, 0) is 6.54 Å². The molecule has 0 bridgehead atoms. The molecule has 4 heteroatoms. The number of hydrogen-bond acceptors (Lipinski definition) is 2. The van der Waals surface area contributed by atoms with E-state index in [1.54, 1.807) is 6.07 Å². The average molecular weight is 316 g/mol. The summed E-state index contributed by atoms with van der Waals surface area (Å²) in [7, 11) is 0. The molecule has 0 spiro atoms. The van der Waals surface area contributed by atoms with Crippen molar-refractivity contribution in [3.63, 3.8) is 0 Å². The standard InChI is InChI=1S/C14H19BrFNO/c15-13-11(8-17)6-7-12(14(13)16)18-9-10-4-2-1-3-5-10/h6-7,10H,1-5,8-9,17H2. The van der Waals surface area contributed by atoms with Crippen LogP contribution in [-0.4, -0.2) is 6.61 Å². The normalized spacial score (nSPS) is 16.8. The third kappa shape index (κ3) is 3.23. The molecule has 2 rings (SSSR count). The van der Waals surface area contributed by atoms with Gasteiger partial charge in [-0.3, -0.25) is 0 Å². The van der Waals surface area contributed by atoms with Crippen LogP contribution in [0.1, 0.15) is 37.7 Å². The Morgan fingerprint density at radius 2 is 2.00 bits per heavy atom. The fourth-order valence-corrected chi connectivity index (χ4v) is 2.89. The van der Waals surface area contributed by atoms with Gasteiger partial charge in [0.05, 0.1) is 11.1 Å². The van der Waals surface area contributed by atoms with Crippen molar-refractivity contribution in [1.82, 2.24) is 0 Å². The Morgan fingerprint density at radius 1 is 1.28 bits per heavy atom. The Morgan fingerprint density at radius 3 is 2.67 bits per heavy atom. The molecule has 18 heavy (non-hydrogen) atoms. The first kappa shape index (κ1) is 13.8. The van der Waals surface area contributed by atoms with Gasteiger partial charge in [-0.15, -0.1) is 0 Å². The number of nitrogens with two attached hydrogens (primary N) is 1. The summed E-state index contributed by atoms with van der Waals surface area (Å²) in [6.45, 7) is 0.936. The fourth-order valence-electron chi connectivity index (χ4n) is 2.40. The van der Waals surface area contributed by atoms with Crippen molar-refractivity contribution in [2.45, 2.75) is 38.6 Å². The van der Waals surface area contributed by atoms with Crippen LogP contribution >= 0.6 is 15.9 Å². The molecule has 0 saturated heterocycles. The van der Waals surface area contributed by atoms with E-state index in [9.17, 15) is 4.39 Å². The van der Waals surface area contributed by atoms with E-state index in [0.717, 1.165) is 5.56 Å². The van der Waals surface area contributed by atoms with Crippen molar-refractivity contribution in [2.75, 3.05) is 6.61 Å². The summed E-state index contributed by atoms with van der Waals surface area (Å²) in [6.07, 6.45) is 6.26. The average Bonchev–Trinajstić information content (AvgIpc) is 2.42. The van der Waals surface area contributed by atoms with E-state index in [4.69, 9.17) is 10.5 Å². The highest BCUT2D eigenvalue weighted by Gasteiger charge is 2.16. The molecule has 100 valence electrons. The van der Waals surface area contributed by atoms with E-state index in [1.807, 2.05) is 6.07 Å². The van der Waals surface area contributed by atoms with E-state index in [2.05, 4.69) is 15.9 Å². The minimum Gasteiger partial charge on any atom is -0.490 e. The van der Waals surface area contributed by atoms with Crippen molar-refractivity contribution < 1.29 is 9.13 Å². The van der Waals surface area contributed by atoms with Gasteiger partial charge in [-0.05, 0) is 46.3 Å². The van der Waals surface area contributed by atoms with Crippen LogP contribution in [0, 0.1) is 11.7 Å². The van der Waals surface area contributed by atoms with Gasteiger partial charge in [-0.25, -0.2) is 4.39 Å². The minimum atomic E-state index is -0.339. The fraction of sp³-hybridized carbons (Fsp3) is 0.571. The number of rotatable bonds is 4. The second-order valence-corrected chi connectivity index (χ2v) is 5.66. The first-order chi connectivity index (χ1) is 8.72. The molecule has 2 N–H and O–H groups in total. The van der Waals surface area contributed by atoms with Crippen LogP contribution in [0.15, 0.2) is 16.6 Å². The Balaban J connectivity index is 1.98. The molecule has 2 nitrogen and oxygen atoms in total. The van der Waals surface area contributed by atoms with Crippen LogP contribution < -0.4 is 10.5 Å². The zero-order valence-electron chi connectivity index (χ0n) is 10.4. The van der Waals surface area contributed by atoms with Gasteiger partial charge in [0.1, 0.15) is 0 Å². The molecule has 0 atom stereocenters. The van der Waals surface area contributed by atoms with Gasteiger partial charge >= 0.3 is 0 Å². The third-order valence-electron chi connectivity index (χ3n) is 3.55. The lowest BCUT2D eigenvalue weighted by molar-refractivity contribution is 0.202. The largest absolute Gasteiger partial charge is 0.490 e. The molecule has 0 amide bonds. The summed E-state index contributed by atoms with van der Waals surface area (Å²) >= 11 is 3.22. The Bertz CT molecular complexity index is 405. The molecule has 1 aromatic carbocycles. The summed E-state index contributed by atoms with van der Waals surface area (Å²) in [5, 5.41) is 0. The molecular weight excluding hydrogens is 297 g/mol. The van der Waals surface area contributed by atoms with Crippen molar-refractivity contribution in [3.05, 3.63) is 28.0 Å². The first-order valence-electron chi connectivity index (χ1n) is 6.52. The van der Waals surface area contributed by atoms with Gasteiger partial charge in [0.25, 0.3) is 0 Å². The van der Waals surface area contributed by atoms with Crippen LogP contribution in [0.5, 0.6) is 5.75 Å². The van der Waals surface area contributed by atoms with Crippen molar-refractivity contribution in [2.24, 2.45) is 11.7 Å². The number of benzene rings is 1. The molecule has 0 aromatic heterocycles. The molecule has 0 heterocycles. The van der Waals surface area contributed by atoms with Gasteiger partial charge < -0.3 is 10.5 Å². The Kier molecular flexibility index (Phi) is 5.01. The maximum Gasteiger partial charge on any atom is 0.179 e. The SMILES string of the molecule is NCc1ccc(OCC2CCCCC2)c(F)c1Br. The lowest BCUT2D eigenvalue weighted by Crippen LogP contribution is -2.16. The summed E-state index contributed by atoms with van der Waals surface area (Å²) in [5.74, 6) is 0.560. The summed E-state index contributed by atoms with van der Waals surface area (Å²) in [6, 6.07) is 3.48. The smallest absolute Gasteiger partial charge is 0.179 e. The minimum absolute atomic E-state index is 0.320. The van der Waals surface area contributed by atoms with Gasteiger partial charge in [-0.1, -0.05) is 25.3 Å². The molecule has 1 aromatic rings. The van der Waals surface area contributed by atoms with E-state index >= 15 is 0 Å². The van der Waals surface area contributed by atoms with Crippen molar-refractivity contribution in [3.8, 4) is 5.75 Å². The lowest BCUT2D eigenvalue weighted by atomic mass is 9.90. The summed E-state index contributed by atoms with van der Waals surface area (Å²) in [4.78, 5) is 0. The summed E-state index contributed by atoms with van der Waals surface area (Å²) in [5.41, 5.74) is 6.28. The quantitative estimate of drug-likeness (QED) is 0.911. The molecular formula is C14H19BrFNO. The van der Waals surface area contributed by atoms with Crippen LogP contribution in [0.2, 0.25) is 0 Å². The first-order valence-corrected chi connectivity index (χ1v) is 7.31. The van der Waals surface area contributed by atoms with Gasteiger partial charge in [0, 0.05) is 6.54 Å². The molecule has 0 radical (unpaired) electrons. The number of ether oxygens (including phenoxy) is 1. The maximum atomic E-state index is 14.0. The van der Waals surface area contributed by atoms with Crippen LogP contribution in [0.3, 0.4) is 0 Å². The van der Waals surface area contributed by atoms with E-state index in [1.165, 1.54) is 32.1 Å². The van der Waals surface area contributed by atoms with E-state index in [0.29, 0.717) is 29.3 Å². The predicted octanol–water partition coefficient (Wildman–Crippen LogP) is 4.01. The maximum absolute atomic E-state index is 14.0. The lowest BCUT2D eigenvalue weighted by Gasteiger charge is -2.22. The third-order valence-corrected chi connectivity index (χ3v) is 4.40. The van der Waals surface area contributed by atoms with Crippen molar-refractivity contribution >= 4 is 15.9 Å². The molecule has 0 unspecified atom stereocenters.